The molecule has 0 aliphatic carbocycles. The molecule has 0 atom stereocenters. The van der Waals surface area contributed by atoms with Crippen LogP contribution in [0.4, 0.5) is 0 Å². The van der Waals surface area contributed by atoms with Crippen molar-refractivity contribution in [2.75, 3.05) is 0 Å². The van der Waals surface area contributed by atoms with E-state index in [0.29, 0.717) is 0 Å². The van der Waals surface area contributed by atoms with E-state index in [0.717, 1.165) is 0 Å². The topological polar surface area (TPSA) is 58.6 Å². The second-order valence-electron chi connectivity index (χ2n) is 0.585. The number of hydrogen-bond donors (Lipinski definition) is 0. The summed E-state index contributed by atoms with van der Waals surface area (Å²) >= 11 is 2.45. The number of phosphoric acid groups is 1. The smallest absolute Gasteiger partial charge is 0.755 e. The molecular weight excluding hydrogens is 356 g/mol. The summed E-state index contributed by atoms with van der Waals surface area (Å²) in [6.45, 7) is 0. The standard InChI is InChI=1S/HI2O4P.Li/c1-5-7(3,4)6-2;/h(H,3,4);/q;+1/p-1. The van der Waals surface area contributed by atoms with Crippen molar-refractivity contribution in [2.24, 2.45) is 0 Å². The van der Waals surface area contributed by atoms with Crippen LogP contribution in [0.15, 0.2) is 0 Å². The van der Waals surface area contributed by atoms with Crippen LogP contribution in [0.5, 0.6) is 0 Å². The molecule has 8 heteroatoms. The Bertz CT molecular complexity index is 86.0. The van der Waals surface area contributed by atoms with E-state index >= 15 is 0 Å². The molecule has 0 N–H and O–H groups in total. The van der Waals surface area contributed by atoms with Gasteiger partial charge in [-0.2, -0.15) is 0 Å². The first-order valence-corrected chi connectivity index (χ1v) is 4.26. The maximum absolute atomic E-state index is 9.94. The molecule has 0 amide bonds. The van der Waals surface area contributed by atoms with Gasteiger partial charge in [-0.15, -0.1) is 0 Å². The zero-order valence-corrected chi connectivity index (χ0v) is 9.05. The molecule has 8 heavy (non-hydrogen) atoms. The molecule has 4 nitrogen and oxygen atoms in total. The third kappa shape index (κ3) is 6.29. The minimum absolute atomic E-state index is 0. The fourth-order valence-electron chi connectivity index (χ4n) is 0.0106. The molecular formula is I2LiO4P. The van der Waals surface area contributed by atoms with Crippen molar-refractivity contribution in [3.63, 3.8) is 0 Å². The third-order valence-corrected chi connectivity index (χ3v) is 3.40. The Morgan fingerprint density at radius 2 is 1.62 bits per heavy atom. The molecule has 0 fully saturated rings. The first kappa shape index (κ1) is 12.8. The Morgan fingerprint density at radius 1 is 1.38 bits per heavy atom. The summed E-state index contributed by atoms with van der Waals surface area (Å²) in [4.78, 5) is 9.94. The van der Waals surface area contributed by atoms with Crippen molar-refractivity contribution in [2.45, 2.75) is 0 Å². The zero-order chi connectivity index (χ0) is 5.91. The van der Waals surface area contributed by atoms with E-state index in [1.807, 2.05) is 0 Å². The van der Waals surface area contributed by atoms with Crippen molar-refractivity contribution in [3.05, 3.63) is 0 Å². The maximum atomic E-state index is 9.94. The molecule has 0 saturated heterocycles. The molecule has 0 aromatic carbocycles. The molecule has 0 rings (SSSR count). The molecule has 44 valence electrons. The van der Waals surface area contributed by atoms with Gasteiger partial charge in [-0.25, -0.2) is 5.71 Å². The van der Waals surface area contributed by atoms with Crippen LogP contribution in [-0.2, 0) is 10.3 Å². The normalized spacial score (nSPS) is 10.4. The van der Waals surface area contributed by atoms with Gasteiger partial charge in [0.25, 0.3) is 7.82 Å². The minimum Gasteiger partial charge on any atom is -0.755 e. The van der Waals surface area contributed by atoms with Crippen LogP contribution in [0.25, 0.3) is 0 Å². The summed E-state index contributed by atoms with van der Waals surface area (Å²) in [5.41, 5.74) is 0. The average molecular weight is 356 g/mol. The monoisotopic (exact) mass is 356 g/mol. The van der Waals surface area contributed by atoms with E-state index in [1.54, 1.807) is 0 Å². The summed E-state index contributed by atoms with van der Waals surface area (Å²) < 4.78 is 17.6. The first-order chi connectivity index (χ1) is 3.12. The van der Waals surface area contributed by atoms with E-state index in [-0.39, 0.29) is 18.9 Å². The van der Waals surface area contributed by atoms with E-state index in [9.17, 15) is 9.46 Å². The summed E-state index contributed by atoms with van der Waals surface area (Å²) in [6, 6.07) is 0. The van der Waals surface area contributed by atoms with Gasteiger partial charge in [0.15, 0.2) is 0 Å². The van der Waals surface area contributed by atoms with E-state index in [1.165, 1.54) is 46.0 Å². The molecule has 0 unspecified atom stereocenters. The van der Waals surface area contributed by atoms with Gasteiger partial charge in [-0.05, 0) is 0 Å². The number of halogens is 2. The second-order valence-corrected chi connectivity index (χ2v) is 4.12. The van der Waals surface area contributed by atoms with Gasteiger partial charge in [0.2, 0.25) is 0 Å². The van der Waals surface area contributed by atoms with Crippen LogP contribution in [0, 0.1) is 0 Å². The average Bonchev–Trinajstić information content (AvgIpc) is 1.68. The van der Waals surface area contributed by atoms with Crippen LogP contribution in [-0.4, -0.2) is 0 Å². The fourth-order valence-corrected chi connectivity index (χ4v) is 1.44. The molecule has 0 aromatic rings. The van der Waals surface area contributed by atoms with E-state index < -0.39 is 7.82 Å². The molecule has 0 aromatic heterocycles. The molecule has 0 radical (unpaired) electrons. The molecule has 0 spiro atoms. The number of rotatable bonds is 2. The second kappa shape index (κ2) is 5.92. The van der Waals surface area contributed by atoms with Crippen LogP contribution in [0.1, 0.15) is 0 Å². The van der Waals surface area contributed by atoms with Gasteiger partial charge in [0.05, 0.1) is 0 Å². The Kier molecular flexibility index (Phi) is 9.47. The van der Waals surface area contributed by atoms with E-state index in [2.05, 4.69) is 5.71 Å². The van der Waals surface area contributed by atoms with Crippen LogP contribution in [0.3, 0.4) is 0 Å². The van der Waals surface area contributed by atoms with Gasteiger partial charge in [0.1, 0.15) is 46.0 Å². The molecule has 0 heterocycles. The van der Waals surface area contributed by atoms with Gasteiger partial charge in [-0.1, -0.05) is 0 Å². The van der Waals surface area contributed by atoms with Crippen molar-refractivity contribution in [1.82, 2.24) is 0 Å². The van der Waals surface area contributed by atoms with Gasteiger partial charge < -0.3 is 4.89 Å². The van der Waals surface area contributed by atoms with Crippen LogP contribution < -0.4 is 23.8 Å². The summed E-state index contributed by atoms with van der Waals surface area (Å²) in [5, 5.41) is 0. The van der Waals surface area contributed by atoms with Crippen LogP contribution >= 0.6 is 53.8 Å². The SMILES string of the molecule is O=P([O-])(OI)OI.[Li+]. The van der Waals surface area contributed by atoms with Crippen molar-refractivity contribution >= 4 is 53.8 Å². The fraction of sp³-hybridized carbons (Fsp3) is 0. The third-order valence-electron chi connectivity index (χ3n) is 0.169. The van der Waals surface area contributed by atoms with Gasteiger partial charge >= 0.3 is 18.9 Å². The Labute approximate surface area is 86.9 Å². The Hall–Kier alpha value is 2.17. The minimum atomic E-state index is -3.93. The van der Waals surface area contributed by atoms with E-state index in [4.69, 9.17) is 0 Å². The number of hydrogen-bond acceptors (Lipinski definition) is 4. The zero-order valence-electron chi connectivity index (χ0n) is 3.84. The van der Waals surface area contributed by atoms with Crippen LogP contribution in [0.2, 0.25) is 0 Å². The molecule has 0 saturated carbocycles. The van der Waals surface area contributed by atoms with Gasteiger partial charge in [0, 0.05) is 0 Å². The molecule has 0 aliphatic rings. The van der Waals surface area contributed by atoms with Crippen molar-refractivity contribution in [3.8, 4) is 0 Å². The molecule has 0 bridgehead atoms. The summed E-state index contributed by atoms with van der Waals surface area (Å²) in [6.07, 6.45) is 0. The summed E-state index contributed by atoms with van der Waals surface area (Å²) in [5.74, 6) is 0. The largest absolute Gasteiger partial charge is 1.00 e. The predicted molar refractivity (Wildman–Crippen MR) is 37.8 cm³/mol. The Balaban J connectivity index is 0. The maximum Gasteiger partial charge on any atom is 1.00 e. The quantitative estimate of drug-likeness (QED) is 0.333. The Morgan fingerprint density at radius 3 is 1.62 bits per heavy atom. The summed E-state index contributed by atoms with van der Waals surface area (Å²) in [7, 11) is -3.93. The predicted octanol–water partition coefficient (Wildman–Crippen LogP) is -1.81. The van der Waals surface area contributed by atoms with Crippen molar-refractivity contribution in [1.29, 1.82) is 0 Å². The van der Waals surface area contributed by atoms with Gasteiger partial charge in [-0.3, -0.25) is 4.57 Å². The van der Waals surface area contributed by atoms with Crippen molar-refractivity contribution < 1.29 is 34.0 Å². The molecule has 0 aliphatic heterocycles. The first-order valence-electron chi connectivity index (χ1n) is 1.04.